The lowest BCUT2D eigenvalue weighted by Crippen LogP contribution is -2.22. The van der Waals surface area contributed by atoms with Crippen molar-refractivity contribution in [3.05, 3.63) is 74.5 Å². The lowest BCUT2D eigenvalue weighted by Gasteiger charge is -2.19. The number of benzene rings is 2. The average molecular weight is 600 g/mol. The summed E-state index contributed by atoms with van der Waals surface area (Å²) in [6, 6.07) is 13.8. The number of anilines is 3. The second kappa shape index (κ2) is 20.3. The highest BCUT2D eigenvalue weighted by Gasteiger charge is 2.09. The molecule has 0 saturated carbocycles. The van der Waals surface area contributed by atoms with E-state index in [0.717, 1.165) is 26.2 Å². The molecule has 0 fully saturated rings. The van der Waals surface area contributed by atoms with Gasteiger partial charge in [0.1, 0.15) is 0 Å². The summed E-state index contributed by atoms with van der Waals surface area (Å²) < 4.78 is 15.3. The number of para-hydroxylation sites is 2. The molecule has 0 saturated heterocycles. The molecule has 3 atom stereocenters. The molecule has 3 unspecified atom stereocenters. The van der Waals surface area contributed by atoms with Crippen molar-refractivity contribution in [2.75, 3.05) is 57.1 Å². The molecule has 236 valence electrons. The fourth-order valence-electron chi connectivity index (χ4n) is 4.67. The fourth-order valence-corrected chi connectivity index (χ4v) is 5.48. The molecular weight excluding hydrogens is 542 g/mol. The third kappa shape index (κ3) is 13.2. The van der Waals surface area contributed by atoms with E-state index in [0.29, 0.717) is 18.1 Å². The van der Waals surface area contributed by atoms with E-state index in [-0.39, 0.29) is 0 Å². The van der Waals surface area contributed by atoms with Gasteiger partial charge in [-0.25, -0.2) is 0 Å². The van der Waals surface area contributed by atoms with Crippen LogP contribution in [0.5, 0.6) is 0 Å². The van der Waals surface area contributed by atoms with Gasteiger partial charge in [0.15, 0.2) is 0 Å². The molecule has 1 aromatic heterocycles. The Morgan fingerprint density at radius 2 is 1.00 bits per heavy atom. The van der Waals surface area contributed by atoms with Crippen LogP contribution in [-0.4, -0.2) is 59.3 Å². The van der Waals surface area contributed by atoms with Gasteiger partial charge >= 0.3 is 0 Å². The van der Waals surface area contributed by atoms with E-state index in [2.05, 4.69) is 120 Å². The van der Waals surface area contributed by atoms with E-state index in [9.17, 15) is 0 Å². The average Bonchev–Trinajstić information content (AvgIpc) is 3.25. The van der Waals surface area contributed by atoms with Gasteiger partial charge in [0.2, 0.25) is 0 Å². The molecule has 0 radical (unpaired) electrons. The van der Waals surface area contributed by atoms with E-state index >= 15 is 0 Å². The van der Waals surface area contributed by atoms with Gasteiger partial charge in [-0.1, -0.05) is 43.3 Å². The molecule has 3 aromatic rings. The number of ether oxygens (including phenoxy) is 3. The summed E-state index contributed by atoms with van der Waals surface area (Å²) in [6.07, 6.45) is 1.06. The van der Waals surface area contributed by atoms with Gasteiger partial charge in [-0.3, -0.25) is 0 Å². The first-order chi connectivity index (χ1) is 20.0. The van der Waals surface area contributed by atoms with Crippen molar-refractivity contribution in [2.45, 2.75) is 86.9 Å². The first kappa shape index (κ1) is 37.4. The maximum atomic E-state index is 5.13. The van der Waals surface area contributed by atoms with Gasteiger partial charge in [0.05, 0.1) is 25.5 Å². The predicted octanol–water partition coefficient (Wildman–Crippen LogP) is 8.57. The minimum absolute atomic E-state index is 0.347. The molecule has 2 aromatic carbocycles. The maximum absolute atomic E-state index is 5.13. The topological polar surface area (TPSA) is 63.8 Å². The van der Waals surface area contributed by atoms with Crippen molar-refractivity contribution in [2.24, 2.45) is 0 Å². The summed E-state index contributed by atoms with van der Waals surface area (Å²) >= 11 is 1.79. The van der Waals surface area contributed by atoms with Gasteiger partial charge in [-0.05, 0) is 95.0 Å². The highest BCUT2D eigenvalue weighted by Crippen LogP contribution is 2.27. The van der Waals surface area contributed by atoms with Gasteiger partial charge in [-0.15, -0.1) is 11.3 Å². The Labute approximate surface area is 260 Å². The molecular formula is C35H57N3O3S. The molecule has 7 heteroatoms. The van der Waals surface area contributed by atoms with Gasteiger partial charge < -0.3 is 30.2 Å². The minimum Gasteiger partial charge on any atom is -0.383 e. The molecule has 1 heterocycles. The van der Waals surface area contributed by atoms with Crippen molar-refractivity contribution in [1.29, 1.82) is 0 Å². The van der Waals surface area contributed by atoms with Crippen molar-refractivity contribution in [3.8, 4) is 0 Å². The summed E-state index contributed by atoms with van der Waals surface area (Å²) in [5.41, 5.74) is 10.3. The second-order valence-corrected chi connectivity index (χ2v) is 12.2. The zero-order valence-corrected chi connectivity index (χ0v) is 29.1. The van der Waals surface area contributed by atoms with Gasteiger partial charge in [0, 0.05) is 55.7 Å². The van der Waals surface area contributed by atoms with Crippen LogP contribution in [0.15, 0.2) is 41.8 Å². The smallest absolute Gasteiger partial charge is 0.0661 e. The van der Waals surface area contributed by atoms with E-state index in [1.165, 1.54) is 49.8 Å². The normalized spacial score (nSPS) is 12.7. The van der Waals surface area contributed by atoms with Crippen LogP contribution in [-0.2, 0) is 20.6 Å². The highest BCUT2D eigenvalue weighted by molar-refractivity contribution is 7.10. The van der Waals surface area contributed by atoms with Crippen molar-refractivity contribution in [3.63, 3.8) is 0 Å². The molecule has 0 aliphatic carbocycles. The molecule has 3 rings (SSSR count). The largest absolute Gasteiger partial charge is 0.383 e. The number of rotatable bonds is 13. The van der Waals surface area contributed by atoms with Crippen molar-refractivity contribution >= 4 is 28.4 Å². The number of thiophene rings is 1. The molecule has 42 heavy (non-hydrogen) atoms. The van der Waals surface area contributed by atoms with Crippen LogP contribution >= 0.6 is 11.3 Å². The van der Waals surface area contributed by atoms with Gasteiger partial charge in [0.25, 0.3) is 0 Å². The number of aryl methyl sites for hydroxylation is 6. The molecule has 3 N–H and O–H groups in total. The van der Waals surface area contributed by atoms with Crippen LogP contribution in [0.4, 0.5) is 17.1 Å². The standard InChI is InChI=1S/C13H21NO.C12H19NO.C10H17NOS/c1-5-12-8-6-7-10(2)13(12)14-11(3)9-15-4;1-9-6-5-7-10(2)12(9)13-11(3)8-14-4;1-7-6-13-9(3)10(7)11-8(2)5-12-4/h6-8,11,14H,5,9H2,1-4H3;5-7,11,13H,8H2,1-4H3;6,8,11H,5H2,1-4H3. The number of methoxy groups -OCH3 is 3. The first-order valence-electron chi connectivity index (χ1n) is 14.9. The Balaban J connectivity index is 0.000000316. The number of nitrogens with one attached hydrogen (secondary N) is 3. The lowest BCUT2D eigenvalue weighted by molar-refractivity contribution is 0.190. The predicted molar refractivity (Wildman–Crippen MR) is 185 cm³/mol. The summed E-state index contributed by atoms with van der Waals surface area (Å²) in [5.74, 6) is 0. The van der Waals surface area contributed by atoms with Crippen molar-refractivity contribution < 1.29 is 14.2 Å². The van der Waals surface area contributed by atoms with Gasteiger partial charge in [-0.2, -0.15) is 0 Å². The van der Waals surface area contributed by atoms with Crippen LogP contribution in [0.25, 0.3) is 0 Å². The van der Waals surface area contributed by atoms with E-state index in [1.807, 2.05) is 0 Å². The minimum atomic E-state index is 0.347. The Morgan fingerprint density at radius 3 is 1.40 bits per heavy atom. The van der Waals surface area contributed by atoms with Crippen molar-refractivity contribution in [1.82, 2.24) is 0 Å². The lowest BCUT2D eigenvalue weighted by atomic mass is 10.1. The van der Waals surface area contributed by atoms with Crippen LogP contribution in [0.3, 0.4) is 0 Å². The molecule has 6 nitrogen and oxygen atoms in total. The van der Waals surface area contributed by atoms with E-state index in [4.69, 9.17) is 14.2 Å². The van der Waals surface area contributed by atoms with Crippen LogP contribution in [0.1, 0.15) is 60.4 Å². The fraction of sp³-hybridized carbons (Fsp3) is 0.543. The maximum Gasteiger partial charge on any atom is 0.0661 e. The first-order valence-corrected chi connectivity index (χ1v) is 15.8. The van der Waals surface area contributed by atoms with E-state index < -0.39 is 0 Å². The van der Waals surface area contributed by atoms with Crippen LogP contribution < -0.4 is 16.0 Å². The van der Waals surface area contributed by atoms with E-state index in [1.54, 1.807) is 32.7 Å². The molecule has 0 bridgehead atoms. The number of hydrogen-bond acceptors (Lipinski definition) is 7. The van der Waals surface area contributed by atoms with Crippen LogP contribution in [0, 0.1) is 34.6 Å². The zero-order valence-electron chi connectivity index (χ0n) is 28.2. The Hall–Kier alpha value is -2.58. The Morgan fingerprint density at radius 1 is 0.595 bits per heavy atom. The molecule has 0 amide bonds. The Bertz CT molecular complexity index is 1120. The second-order valence-electron chi connectivity index (χ2n) is 11.1. The summed E-state index contributed by atoms with van der Waals surface area (Å²) in [6.45, 7) is 21.4. The Kier molecular flexibility index (Phi) is 18.1. The molecule has 0 aliphatic heterocycles. The zero-order chi connectivity index (χ0) is 31.7. The number of hydrogen-bond donors (Lipinski definition) is 3. The molecule has 0 spiro atoms. The van der Waals surface area contributed by atoms with Crippen LogP contribution in [0.2, 0.25) is 0 Å². The summed E-state index contributed by atoms with van der Waals surface area (Å²) in [7, 11) is 5.19. The summed E-state index contributed by atoms with van der Waals surface area (Å²) in [4.78, 5) is 1.35. The quantitative estimate of drug-likeness (QED) is 0.183. The summed E-state index contributed by atoms with van der Waals surface area (Å²) in [5, 5.41) is 12.6. The third-order valence-electron chi connectivity index (χ3n) is 6.80. The highest BCUT2D eigenvalue weighted by atomic mass is 32.1. The monoisotopic (exact) mass is 599 g/mol. The SMILES string of the molecule is CCc1cccc(C)c1NC(C)COC.COCC(C)Nc1c(C)cccc1C.COCC(C)Nc1c(C)csc1C. The molecule has 0 aliphatic rings. The third-order valence-corrected chi connectivity index (χ3v) is 7.83.